The molecule has 0 aliphatic carbocycles. The van der Waals surface area contributed by atoms with Gasteiger partial charge >= 0.3 is 0 Å². The van der Waals surface area contributed by atoms with Crippen LogP contribution in [0.4, 0.5) is 0 Å². The first-order valence-electron chi connectivity index (χ1n) is 8.17. The van der Waals surface area contributed by atoms with Crippen molar-refractivity contribution < 1.29 is 9.59 Å². The summed E-state index contributed by atoms with van der Waals surface area (Å²) in [5, 5.41) is 12.4. The third-order valence-electron chi connectivity index (χ3n) is 4.64. The number of hydrogen-bond donors (Lipinski definition) is 1. The second-order valence-corrected chi connectivity index (χ2v) is 6.15. The highest BCUT2D eigenvalue weighted by molar-refractivity contribution is 6.39. The molecule has 2 amide bonds. The quantitative estimate of drug-likeness (QED) is 0.879. The van der Waals surface area contributed by atoms with Gasteiger partial charge in [0, 0.05) is 38.0 Å². The van der Waals surface area contributed by atoms with Gasteiger partial charge in [-0.1, -0.05) is 6.07 Å². The molecule has 2 aromatic rings. The van der Waals surface area contributed by atoms with Crippen LogP contribution in [0.3, 0.4) is 0 Å². The minimum atomic E-state index is -0.135. The highest BCUT2D eigenvalue weighted by atomic mass is 16.2. The summed E-state index contributed by atoms with van der Waals surface area (Å²) in [6.07, 6.45) is 4.41. The lowest BCUT2D eigenvalue weighted by molar-refractivity contribution is -0.125. The molecule has 2 aromatic heterocycles. The molecule has 8 nitrogen and oxygen atoms in total. The van der Waals surface area contributed by atoms with Gasteiger partial charge in [0.1, 0.15) is 11.5 Å². The molecule has 0 atom stereocenters. The van der Waals surface area contributed by atoms with E-state index >= 15 is 0 Å². The molecule has 4 heterocycles. The number of carbonyl (C=O) groups is 2. The van der Waals surface area contributed by atoms with Crippen LogP contribution in [0.25, 0.3) is 5.65 Å². The van der Waals surface area contributed by atoms with Crippen molar-refractivity contribution in [3.05, 3.63) is 30.2 Å². The number of hydrogen-bond acceptors (Lipinski definition) is 5. The molecule has 0 bridgehead atoms. The van der Waals surface area contributed by atoms with Gasteiger partial charge in [0.15, 0.2) is 5.65 Å². The molecule has 8 heteroatoms. The Kier molecular flexibility index (Phi) is 3.72. The van der Waals surface area contributed by atoms with Gasteiger partial charge in [0.25, 0.3) is 5.91 Å². The summed E-state index contributed by atoms with van der Waals surface area (Å²) in [5.74, 6) is 1.04. The standard InChI is InChI=1S/C16H18N6O2/c23-14-5-4-12(17-19-14)16(24)21-9-6-11(7-10-21)15-20-18-13-3-1-2-8-22(13)15/h1-3,8,11H,4-7,9-10H2,(H,19,23). The lowest BCUT2D eigenvalue weighted by Crippen LogP contribution is -2.44. The molecule has 1 N–H and O–H groups in total. The maximum absolute atomic E-state index is 12.5. The van der Waals surface area contributed by atoms with Crippen molar-refractivity contribution in [2.24, 2.45) is 5.10 Å². The van der Waals surface area contributed by atoms with Crippen LogP contribution in [0.5, 0.6) is 0 Å². The normalized spacial score (nSPS) is 19.2. The van der Waals surface area contributed by atoms with Crippen molar-refractivity contribution in [3.8, 4) is 0 Å². The fraction of sp³-hybridized carbons (Fsp3) is 0.438. The molecule has 0 unspecified atom stereocenters. The molecular weight excluding hydrogens is 308 g/mol. The van der Waals surface area contributed by atoms with Crippen molar-refractivity contribution in [1.82, 2.24) is 24.9 Å². The first-order chi connectivity index (χ1) is 11.7. The average Bonchev–Trinajstić information content (AvgIpc) is 3.06. The lowest BCUT2D eigenvalue weighted by Gasteiger charge is -2.31. The molecule has 0 aromatic carbocycles. The molecule has 124 valence electrons. The Balaban J connectivity index is 1.43. The maximum Gasteiger partial charge on any atom is 0.270 e. The van der Waals surface area contributed by atoms with Crippen LogP contribution in [0.2, 0.25) is 0 Å². The van der Waals surface area contributed by atoms with E-state index in [1.165, 1.54) is 0 Å². The highest BCUT2D eigenvalue weighted by Crippen LogP contribution is 2.27. The number of carbonyl (C=O) groups excluding carboxylic acids is 2. The third-order valence-corrected chi connectivity index (χ3v) is 4.64. The van der Waals surface area contributed by atoms with E-state index in [1.54, 1.807) is 0 Å². The average molecular weight is 326 g/mol. The molecule has 1 fully saturated rings. The minimum absolute atomic E-state index is 0.0699. The van der Waals surface area contributed by atoms with E-state index in [4.69, 9.17) is 0 Å². The molecule has 0 spiro atoms. The Hall–Kier alpha value is -2.77. The number of rotatable bonds is 2. The number of pyridine rings is 1. The van der Waals surface area contributed by atoms with Crippen molar-refractivity contribution in [3.63, 3.8) is 0 Å². The van der Waals surface area contributed by atoms with Gasteiger partial charge < -0.3 is 4.90 Å². The Morgan fingerprint density at radius 2 is 2.00 bits per heavy atom. The zero-order valence-corrected chi connectivity index (χ0v) is 13.2. The molecule has 0 saturated carbocycles. The molecule has 24 heavy (non-hydrogen) atoms. The van der Waals surface area contributed by atoms with Crippen molar-refractivity contribution >= 4 is 23.2 Å². The van der Waals surface area contributed by atoms with Gasteiger partial charge in [-0.05, 0) is 25.0 Å². The van der Waals surface area contributed by atoms with Gasteiger partial charge in [-0.3, -0.25) is 14.0 Å². The number of piperidine rings is 1. The molecular formula is C16H18N6O2. The second-order valence-electron chi connectivity index (χ2n) is 6.15. The Morgan fingerprint density at radius 3 is 2.75 bits per heavy atom. The first kappa shape index (κ1) is 14.8. The lowest BCUT2D eigenvalue weighted by atomic mass is 9.95. The minimum Gasteiger partial charge on any atom is -0.337 e. The number of hydrazone groups is 1. The number of likely N-dealkylation sites (tertiary alicyclic amines) is 1. The number of amides is 2. The fourth-order valence-electron chi connectivity index (χ4n) is 3.29. The van der Waals surface area contributed by atoms with Crippen LogP contribution < -0.4 is 5.43 Å². The fourth-order valence-corrected chi connectivity index (χ4v) is 3.29. The summed E-state index contributed by atoms with van der Waals surface area (Å²) in [5.41, 5.74) is 3.67. The summed E-state index contributed by atoms with van der Waals surface area (Å²) >= 11 is 0. The van der Waals surface area contributed by atoms with Crippen LogP contribution in [-0.4, -0.2) is 50.1 Å². The van der Waals surface area contributed by atoms with Gasteiger partial charge in [-0.15, -0.1) is 10.2 Å². The SMILES string of the molecule is O=C1CCC(C(=O)N2CCC(c3nnc4ccccn34)CC2)=NN1. The third kappa shape index (κ3) is 2.64. The Bertz CT molecular complexity index is 819. The van der Waals surface area contributed by atoms with E-state index in [2.05, 4.69) is 20.7 Å². The van der Waals surface area contributed by atoms with Gasteiger partial charge in [0.2, 0.25) is 5.91 Å². The van der Waals surface area contributed by atoms with E-state index in [9.17, 15) is 9.59 Å². The largest absolute Gasteiger partial charge is 0.337 e. The number of aromatic nitrogens is 3. The van der Waals surface area contributed by atoms with E-state index in [-0.39, 0.29) is 11.8 Å². The predicted octanol–water partition coefficient (Wildman–Crippen LogP) is 0.701. The monoisotopic (exact) mass is 326 g/mol. The highest BCUT2D eigenvalue weighted by Gasteiger charge is 2.29. The van der Waals surface area contributed by atoms with Crippen molar-refractivity contribution in [2.75, 3.05) is 13.1 Å². The van der Waals surface area contributed by atoms with Crippen LogP contribution >= 0.6 is 0 Å². The van der Waals surface area contributed by atoms with Crippen molar-refractivity contribution in [2.45, 2.75) is 31.6 Å². The molecule has 0 radical (unpaired) electrons. The predicted molar refractivity (Wildman–Crippen MR) is 86.4 cm³/mol. The Labute approximate surface area is 138 Å². The van der Waals surface area contributed by atoms with Crippen LogP contribution in [0.15, 0.2) is 29.5 Å². The molecule has 2 aliphatic heterocycles. The molecule has 1 saturated heterocycles. The molecule has 2 aliphatic rings. The smallest absolute Gasteiger partial charge is 0.270 e. The van der Waals surface area contributed by atoms with Gasteiger partial charge in [0.05, 0.1) is 0 Å². The number of nitrogens with zero attached hydrogens (tertiary/aromatic N) is 5. The van der Waals surface area contributed by atoms with Crippen molar-refractivity contribution in [1.29, 1.82) is 0 Å². The zero-order chi connectivity index (χ0) is 16.5. The summed E-state index contributed by atoms with van der Waals surface area (Å²) in [6, 6.07) is 5.84. The van der Waals surface area contributed by atoms with E-state index in [1.807, 2.05) is 33.7 Å². The van der Waals surface area contributed by atoms with Crippen LogP contribution in [0, 0.1) is 0 Å². The van der Waals surface area contributed by atoms with E-state index in [0.717, 1.165) is 24.3 Å². The van der Waals surface area contributed by atoms with Gasteiger partial charge in [-0.2, -0.15) is 5.10 Å². The second kappa shape index (κ2) is 6.03. The van der Waals surface area contributed by atoms with Crippen LogP contribution in [-0.2, 0) is 9.59 Å². The number of nitrogens with one attached hydrogen (secondary N) is 1. The molecule has 4 rings (SSSR count). The summed E-state index contributed by atoms with van der Waals surface area (Å²) in [7, 11) is 0. The number of fused-ring (bicyclic) bond motifs is 1. The van der Waals surface area contributed by atoms with Crippen LogP contribution in [0.1, 0.15) is 37.4 Å². The summed E-state index contributed by atoms with van der Waals surface area (Å²) in [4.78, 5) is 25.4. The zero-order valence-electron chi connectivity index (χ0n) is 13.2. The van der Waals surface area contributed by atoms with E-state index in [0.29, 0.717) is 37.6 Å². The summed E-state index contributed by atoms with van der Waals surface area (Å²) < 4.78 is 2.02. The first-order valence-corrected chi connectivity index (χ1v) is 8.17. The topological polar surface area (TPSA) is 92.0 Å². The summed E-state index contributed by atoms with van der Waals surface area (Å²) in [6.45, 7) is 1.33. The van der Waals surface area contributed by atoms with Gasteiger partial charge in [-0.25, -0.2) is 5.43 Å². The van der Waals surface area contributed by atoms with E-state index < -0.39 is 0 Å². The Morgan fingerprint density at radius 1 is 1.17 bits per heavy atom. The maximum atomic E-state index is 12.5.